The Morgan fingerprint density at radius 3 is 1.59 bits per heavy atom. The second kappa shape index (κ2) is 21.2. The Hall–Kier alpha value is -5.09. The van der Waals surface area contributed by atoms with Crippen LogP contribution in [0, 0.1) is 12.1 Å². The number of nitrogens with zero attached hydrogens (tertiary/aromatic N) is 4. The van der Waals surface area contributed by atoms with Crippen LogP contribution in [0.1, 0.15) is 104 Å². The van der Waals surface area contributed by atoms with Gasteiger partial charge in [-0.1, -0.05) is 166 Å². The van der Waals surface area contributed by atoms with E-state index in [1.807, 2.05) is 67.0 Å². The summed E-state index contributed by atoms with van der Waals surface area (Å²) in [7, 11) is 0. The van der Waals surface area contributed by atoms with Gasteiger partial charge in [0.25, 0.3) is 0 Å². The summed E-state index contributed by atoms with van der Waals surface area (Å²) in [5, 5.41) is 0. The molecule has 0 amide bonds. The summed E-state index contributed by atoms with van der Waals surface area (Å²) in [6.07, 6.45) is 13.0. The Morgan fingerprint density at radius 2 is 1.08 bits per heavy atom. The van der Waals surface area contributed by atoms with Gasteiger partial charge in [-0.05, 0) is 45.5 Å². The van der Waals surface area contributed by atoms with Gasteiger partial charge in [-0.3, -0.25) is 0 Å². The molecular formula is C54H58IrN4-2. The predicted molar refractivity (Wildman–Crippen MR) is 243 cm³/mol. The van der Waals surface area contributed by atoms with Crippen molar-refractivity contribution in [2.45, 2.75) is 104 Å². The van der Waals surface area contributed by atoms with Crippen LogP contribution in [0.15, 0.2) is 140 Å². The minimum Gasteiger partial charge on any atom is -0.305 e. The average Bonchev–Trinajstić information content (AvgIpc) is 3.25. The van der Waals surface area contributed by atoms with E-state index in [0.29, 0.717) is 5.82 Å². The first-order valence-electron chi connectivity index (χ1n) is 20.9. The molecule has 0 aliphatic rings. The van der Waals surface area contributed by atoms with Crippen LogP contribution in [0.3, 0.4) is 0 Å². The van der Waals surface area contributed by atoms with Crippen LogP contribution < -0.4 is 0 Å². The first-order valence-corrected chi connectivity index (χ1v) is 20.9. The molecule has 7 aromatic rings. The standard InChI is InChI=1S/C35H34N3.C19H24N.Ir/c1-34(2,3)28-17-12-25(13-18-28)31-22-32(26-14-19-29(20-15-26)35(4,5)6)38-33(37-31)27-16-21-30(36-23-27)24-10-8-7-9-11-24;1-2-3-4-5-6-7-10-17-12-14-18(15-13-17)19-11-8-9-16-20-19;/h7-10,12-23H,1-6H3;8-9,11-14,16H,2-7,10H2,1H3;/q2*-1;. The first kappa shape index (κ1) is 45.0. The number of unbranched alkanes of at least 4 members (excludes halogenated alkanes) is 5. The number of aryl methyl sites for hydroxylation is 1. The molecule has 0 aliphatic heterocycles. The Labute approximate surface area is 367 Å². The molecule has 0 aliphatic carbocycles. The van der Waals surface area contributed by atoms with Gasteiger partial charge in [-0.15, -0.1) is 71.3 Å². The van der Waals surface area contributed by atoms with Crippen LogP contribution in [0.5, 0.6) is 0 Å². The molecule has 0 fully saturated rings. The maximum atomic E-state index is 4.99. The molecule has 0 atom stereocenters. The van der Waals surface area contributed by atoms with Crippen molar-refractivity contribution in [3.05, 3.63) is 169 Å². The van der Waals surface area contributed by atoms with Crippen LogP contribution in [0.4, 0.5) is 0 Å². The molecule has 0 saturated heterocycles. The van der Waals surface area contributed by atoms with E-state index in [4.69, 9.17) is 15.0 Å². The molecule has 3 aromatic heterocycles. The third-order valence-corrected chi connectivity index (χ3v) is 10.5. The van der Waals surface area contributed by atoms with Gasteiger partial charge >= 0.3 is 0 Å². The molecular weight excluding hydrogens is 897 g/mol. The smallest absolute Gasteiger partial charge is 0.161 e. The minimum atomic E-state index is 0. The summed E-state index contributed by atoms with van der Waals surface area (Å²) in [6.45, 7) is 15.6. The fourth-order valence-electron chi connectivity index (χ4n) is 6.80. The summed E-state index contributed by atoms with van der Waals surface area (Å²) >= 11 is 0. The third kappa shape index (κ3) is 12.9. The molecule has 0 bridgehead atoms. The molecule has 5 heteroatoms. The van der Waals surface area contributed by atoms with Gasteiger partial charge in [0.2, 0.25) is 0 Å². The largest absolute Gasteiger partial charge is 0.305 e. The third-order valence-electron chi connectivity index (χ3n) is 10.5. The van der Waals surface area contributed by atoms with Crippen LogP contribution in [0.25, 0.3) is 56.4 Å². The summed E-state index contributed by atoms with van der Waals surface area (Å²) in [6, 6.07) is 50.5. The van der Waals surface area contributed by atoms with E-state index in [-0.39, 0.29) is 30.9 Å². The van der Waals surface area contributed by atoms with Gasteiger partial charge in [0.05, 0.1) is 11.4 Å². The summed E-state index contributed by atoms with van der Waals surface area (Å²) in [4.78, 5) is 19.0. The van der Waals surface area contributed by atoms with Crippen molar-refractivity contribution < 1.29 is 20.1 Å². The molecule has 0 unspecified atom stereocenters. The van der Waals surface area contributed by atoms with E-state index in [1.165, 1.54) is 61.6 Å². The summed E-state index contributed by atoms with van der Waals surface area (Å²) in [5.41, 5.74) is 12.9. The molecule has 7 rings (SSSR count). The monoisotopic (exact) mass is 955 g/mol. The van der Waals surface area contributed by atoms with Crippen LogP contribution in [-0.4, -0.2) is 19.9 Å². The zero-order valence-electron chi connectivity index (χ0n) is 35.9. The number of aromatic nitrogens is 4. The van der Waals surface area contributed by atoms with E-state index >= 15 is 0 Å². The molecule has 59 heavy (non-hydrogen) atoms. The van der Waals surface area contributed by atoms with E-state index < -0.39 is 0 Å². The topological polar surface area (TPSA) is 51.6 Å². The predicted octanol–water partition coefficient (Wildman–Crippen LogP) is 14.4. The maximum absolute atomic E-state index is 4.99. The Balaban J connectivity index is 0.000000267. The van der Waals surface area contributed by atoms with Crippen molar-refractivity contribution in [1.29, 1.82) is 0 Å². The van der Waals surface area contributed by atoms with E-state index in [9.17, 15) is 0 Å². The molecule has 0 N–H and O–H groups in total. The second-order valence-electron chi connectivity index (χ2n) is 17.2. The van der Waals surface area contributed by atoms with Crippen molar-refractivity contribution in [3.8, 4) is 56.4 Å². The minimum absolute atomic E-state index is 0. The Bertz CT molecular complexity index is 2210. The molecule has 0 saturated carbocycles. The fraction of sp³-hybridized carbons (Fsp3) is 0.296. The number of rotatable bonds is 12. The summed E-state index contributed by atoms with van der Waals surface area (Å²) in [5.74, 6) is 0.661. The van der Waals surface area contributed by atoms with E-state index in [0.717, 1.165) is 50.6 Å². The van der Waals surface area contributed by atoms with Crippen molar-refractivity contribution in [2.24, 2.45) is 0 Å². The Morgan fingerprint density at radius 1 is 0.508 bits per heavy atom. The first-order chi connectivity index (χ1) is 28.0. The van der Waals surface area contributed by atoms with Gasteiger partial charge in [0.15, 0.2) is 5.82 Å². The zero-order chi connectivity index (χ0) is 41.0. The number of benzene rings is 4. The van der Waals surface area contributed by atoms with Crippen LogP contribution in [-0.2, 0) is 37.4 Å². The zero-order valence-corrected chi connectivity index (χ0v) is 38.2. The van der Waals surface area contributed by atoms with Crippen molar-refractivity contribution in [2.75, 3.05) is 0 Å². The molecule has 4 nitrogen and oxygen atoms in total. The number of pyridine rings is 2. The van der Waals surface area contributed by atoms with Gasteiger partial charge < -0.3 is 9.97 Å². The van der Waals surface area contributed by atoms with Crippen molar-refractivity contribution in [3.63, 3.8) is 0 Å². The molecule has 4 aromatic carbocycles. The van der Waals surface area contributed by atoms with Crippen molar-refractivity contribution in [1.82, 2.24) is 19.9 Å². The van der Waals surface area contributed by atoms with Gasteiger partial charge in [-0.25, -0.2) is 9.97 Å². The fourth-order valence-corrected chi connectivity index (χ4v) is 6.80. The Kier molecular flexibility index (Phi) is 16.2. The van der Waals surface area contributed by atoms with Gasteiger partial charge in [0.1, 0.15) is 0 Å². The molecule has 0 spiro atoms. The number of hydrogen-bond acceptors (Lipinski definition) is 4. The molecule has 305 valence electrons. The van der Waals surface area contributed by atoms with Crippen molar-refractivity contribution >= 4 is 0 Å². The molecule has 1 radical (unpaired) electrons. The number of hydrogen-bond donors (Lipinski definition) is 0. The van der Waals surface area contributed by atoms with E-state index in [2.05, 4.69) is 138 Å². The SMILES string of the molecule is CC(C)(C)c1ccc(-c2cc(-c3ccc(C(C)(C)C)cc3)nc(-c3ccc(-c4[c-]cccc4)nc3)n2)cc1.CCCCCCCCc1c[c-]c(-c2ccccn2)cc1.[Ir]. The van der Waals surface area contributed by atoms with E-state index in [1.54, 1.807) is 0 Å². The van der Waals surface area contributed by atoms with Gasteiger partial charge in [0, 0.05) is 49.2 Å². The van der Waals surface area contributed by atoms with Gasteiger partial charge in [-0.2, -0.15) is 0 Å². The molecule has 3 heterocycles. The van der Waals surface area contributed by atoms with Crippen LogP contribution >= 0.6 is 0 Å². The normalized spacial score (nSPS) is 11.3. The second-order valence-corrected chi connectivity index (χ2v) is 17.2. The average molecular weight is 955 g/mol. The van der Waals surface area contributed by atoms with Crippen LogP contribution in [0.2, 0.25) is 0 Å². The summed E-state index contributed by atoms with van der Waals surface area (Å²) < 4.78 is 0. The maximum Gasteiger partial charge on any atom is 0.161 e. The quantitative estimate of drug-likeness (QED) is 0.0904.